The van der Waals surface area contributed by atoms with Crippen molar-refractivity contribution in [1.29, 1.82) is 0 Å². The van der Waals surface area contributed by atoms with Gasteiger partial charge in [0.2, 0.25) is 0 Å². The maximum absolute atomic E-state index is 4.35. The Balaban J connectivity index is 0.000000810. The monoisotopic (exact) mass is 158 g/mol. The van der Waals surface area contributed by atoms with E-state index in [0.717, 1.165) is 6.42 Å². The molecule has 0 aliphatic carbocycles. The molecule has 0 spiro atoms. The van der Waals surface area contributed by atoms with E-state index in [1.54, 1.807) is 11.3 Å². The Morgan fingerprint density at radius 2 is 2.00 bits per heavy atom. The molecule has 0 aliphatic heterocycles. The van der Waals surface area contributed by atoms with Crippen LogP contribution in [0.4, 0.5) is 0 Å². The summed E-state index contributed by atoms with van der Waals surface area (Å²) in [7, 11) is 0. The summed E-state index contributed by atoms with van der Waals surface area (Å²) >= 11 is 1.80. The summed E-state index contributed by atoms with van der Waals surface area (Å²) in [5.41, 5.74) is 1.19. The lowest BCUT2D eigenvalue weighted by molar-refractivity contribution is 1.06. The summed E-state index contributed by atoms with van der Waals surface area (Å²) in [4.78, 5) is 5.70. The van der Waals surface area contributed by atoms with Crippen LogP contribution < -0.4 is 6.15 Å². The van der Waals surface area contributed by atoms with E-state index in [1.165, 1.54) is 15.6 Å². The number of hydrogen-bond acceptors (Lipinski definition) is 3. The lowest BCUT2D eigenvalue weighted by Gasteiger charge is -1.79. The highest BCUT2D eigenvalue weighted by Gasteiger charge is 1.98. The fourth-order valence-electron chi connectivity index (χ4n) is 0.690. The number of nitrogens with zero attached hydrogens (tertiary/aromatic N) is 1. The van der Waals surface area contributed by atoms with Gasteiger partial charge in [0, 0.05) is 4.88 Å². The number of rotatable bonds is 1. The van der Waals surface area contributed by atoms with Gasteiger partial charge >= 0.3 is 0 Å². The SMILES string of the molecule is CCc1nc(C)c(C)s1.N. The van der Waals surface area contributed by atoms with Crippen LogP contribution in [-0.4, -0.2) is 4.98 Å². The van der Waals surface area contributed by atoms with Crippen LogP contribution in [0.1, 0.15) is 22.5 Å². The molecule has 1 aromatic heterocycles. The Hall–Kier alpha value is -0.410. The maximum atomic E-state index is 4.35. The number of hydrogen-bond donors (Lipinski definition) is 1. The van der Waals surface area contributed by atoms with Crippen molar-refractivity contribution in [1.82, 2.24) is 11.1 Å². The van der Waals surface area contributed by atoms with Crippen molar-refractivity contribution in [2.75, 3.05) is 0 Å². The topological polar surface area (TPSA) is 47.9 Å². The summed E-state index contributed by atoms with van der Waals surface area (Å²) in [6.45, 7) is 6.31. The van der Waals surface area contributed by atoms with Crippen LogP contribution in [0.25, 0.3) is 0 Å². The molecule has 0 amide bonds. The molecular weight excluding hydrogens is 144 g/mol. The highest BCUT2D eigenvalue weighted by molar-refractivity contribution is 7.11. The summed E-state index contributed by atoms with van der Waals surface area (Å²) in [5, 5.41) is 1.25. The zero-order valence-corrected chi connectivity index (χ0v) is 7.59. The first kappa shape index (κ1) is 9.59. The van der Waals surface area contributed by atoms with Crippen LogP contribution in [0.15, 0.2) is 0 Å². The van der Waals surface area contributed by atoms with E-state index < -0.39 is 0 Å². The number of thiazole rings is 1. The second-order valence-electron chi connectivity index (χ2n) is 2.10. The van der Waals surface area contributed by atoms with Gasteiger partial charge in [0.05, 0.1) is 10.7 Å². The molecule has 0 bridgehead atoms. The third-order valence-electron chi connectivity index (χ3n) is 1.38. The molecule has 0 saturated carbocycles. The van der Waals surface area contributed by atoms with E-state index >= 15 is 0 Å². The van der Waals surface area contributed by atoms with Gasteiger partial charge in [0.25, 0.3) is 0 Å². The molecule has 0 fully saturated rings. The molecule has 2 nitrogen and oxygen atoms in total. The Morgan fingerprint density at radius 3 is 2.20 bits per heavy atom. The first-order chi connectivity index (χ1) is 4.24. The highest BCUT2D eigenvalue weighted by Crippen LogP contribution is 2.15. The van der Waals surface area contributed by atoms with E-state index in [0.29, 0.717) is 0 Å². The van der Waals surface area contributed by atoms with Gasteiger partial charge in [-0.3, -0.25) is 0 Å². The van der Waals surface area contributed by atoms with Gasteiger partial charge < -0.3 is 6.15 Å². The van der Waals surface area contributed by atoms with E-state index in [9.17, 15) is 0 Å². The van der Waals surface area contributed by atoms with Crippen molar-refractivity contribution in [2.24, 2.45) is 0 Å². The second-order valence-corrected chi connectivity index (χ2v) is 3.39. The first-order valence-corrected chi connectivity index (χ1v) is 3.98. The minimum absolute atomic E-state index is 0. The fraction of sp³-hybridized carbons (Fsp3) is 0.571. The lowest BCUT2D eigenvalue weighted by Crippen LogP contribution is -1.76. The molecule has 0 atom stereocenters. The molecule has 0 aromatic carbocycles. The molecule has 1 rings (SSSR count). The maximum Gasteiger partial charge on any atom is 0.0928 e. The van der Waals surface area contributed by atoms with Crippen LogP contribution in [0.2, 0.25) is 0 Å². The normalized spacial score (nSPS) is 9.10. The molecule has 0 radical (unpaired) electrons. The van der Waals surface area contributed by atoms with Crippen molar-refractivity contribution in [3.8, 4) is 0 Å². The summed E-state index contributed by atoms with van der Waals surface area (Å²) in [5.74, 6) is 0. The smallest absolute Gasteiger partial charge is 0.0928 e. The molecule has 0 aliphatic rings. The molecule has 58 valence electrons. The van der Waals surface area contributed by atoms with Gasteiger partial charge in [-0.25, -0.2) is 4.98 Å². The second kappa shape index (κ2) is 3.68. The summed E-state index contributed by atoms with van der Waals surface area (Å²) in [6.07, 6.45) is 1.07. The standard InChI is InChI=1S/C7H11NS.H3N/c1-4-7-8-5(2)6(3)9-7;/h4H2,1-3H3;1H3. The third kappa shape index (κ3) is 1.78. The number of aromatic nitrogens is 1. The minimum atomic E-state index is 0. The van der Waals surface area contributed by atoms with Gasteiger partial charge in [0.1, 0.15) is 0 Å². The van der Waals surface area contributed by atoms with Gasteiger partial charge in [-0.2, -0.15) is 0 Å². The van der Waals surface area contributed by atoms with Crippen molar-refractivity contribution in [3.63, 3.8) is 0 Å². The van der Waals surface area contributed by atoms with Crippen molar-refractivity contribution in [3.05, 3.63) is 15.6 Å². The summed E-state index contributed by atoms with van der Waals surface area (Å²) < 4.78 is 0. The Bertz CT molecular complexity index is 186. The van der Waals surface area contributed by atoms with Gasteiger partial charge in [-0.1, -0.05) is 6.92 Å². The Kier molecular flexibility index (Phi) is 3.53. The van der Waals surface area contributed by atoms with Crippen molar-refractivity contribution >= 4 is 11.3 Å². The Morgan fingerprint density at radius 1 is 1.40 bits per heavy atom. The molecule has 1 heterocycles. The predicted octanol–water partition coefficient (Wildman–Crippen LogP) is 2.48. The van der Waals surface area contributed by atoms with Crippen molar-refractivity contribution in [2.45, 2.75) is 27.2 Å². The van der Waals surface area contributed by atoms with E-state index in [2.05, 4.69) is 25.8 Å². The average Bonchev–Trinajstić information content (AvgIpc) is 2.13. The zero-order chi connectivity index (χ0) is 6.85. The molecular formula is C7H14N2S. The van der Waals surface area contributed by atoms with Crippen LogP contribution in [0.3, 0.4) is 0 Å². The third-order valence-corrected chi connectivity index (χ3v) is 2.59. The molecule has 3 N–H and O–H groups in total. The van der Waals surface area contributed by atoms with Gasteiger partial charge in [0.15, 0.2) is 0 Å². The van der Waals surface area contributed by atoms with Gasteiger partial charge in [-0.05, 0) is 20.3 Å². The molecule has 3 heteroatoms. The van der Waals surface area contributed by atoms with Crippen LogP contribution in [-0.2, 0) is 6.42 Å². The number of aryl methyl sites for hydroxylation is 3. The largest absolute Gasteiger partial charge is 0.344 e. The van der Waals surface area contributed by atoms with E-state index in [-0.39, 0.29) is 6.15 Å². The lowest BCUT2D eigenvalue weighted by atomic mass is 10.4. The van der Waals surface area contributed by atoms with Crippen LogP contribution in [0, 0.1) is 13.8 Å². The Labute approximate surface area is 65.9 Å². The van der Waals surface area contributed by atoms with Crippen molar-refractivity contribution < 1.29 is 0 Å². The van der Waals surface area contributed by atoms with E-state index in [1.807, 2.05) is 0 Å². The predicted molar refractivity (Wildman–Crippen MR) is 46.0 cm³/mol. The fourth-order valence-corrected chi connectivity index (χ4v) is 1.56. The minimum Gasteiger partial charge on any atom is -0.344 e. The van der Waals surface area contributed by atoms with Gasteiger partial charge in [-0.15, -0.1) is 11.3 Å². The molecule has 1 aromatic rings. The van der Waals surface area contributed by atoms with Crippen LogP contribution >= 0.6 is 11.3 Å². The average molecular weight is 158 g/mol. The van der Waals surface area contributed by atoms with Crippen LogP contribution in [0.5, 0.6) is 0 Å². The molecule has 0 unspecified atom stereocenters. The summed E-state index contributed by atoms with van der Waals surface area (Å²) in [6, 6.07) is 0. The molecule has 10 heavy (non-hydrogen) atoms. The quantitative estimate of drug-likeness (QED) is 0.682. The molecule has 0 saturated heterocycles. The first-order valence-electron chi connectivity index (χ1n) is 3.17. The highest BCUT2D eigenvalue weighted by atomic mass is 32.1. The zero-order valence-electron chi connectivity index (χ0n) is 6.77. The van der Waals surface area contributed by atoms with E-state index in [4.69, 9.17) is 0 Å².